The lowest BCUT2D eigenvalue weighted by Gasteiger charge is -2.25. The lowest BCUT2D eigenvalue weighted by molar-refractivity contribution is -0.870. The van der Waals surface area contributed by atoms with Crippen molar-refractivity contribution in [1.82, 2.24) is 5.32 Å². The van der Waals surface area contributed by atoms with E-state index in [4.69, 9.17) is 9.05 Å². The predicted octanol–water partition coefficient (Wildman–Crippen LogP) is 18.9. The summed E-state index contributed by atoms with van der Waals surface area (Å²) in [5.74, 6) is -0.196. The number of phosphoric ester groups is 1. The molecule has 9 heteroatoms. The monoisotopic (exact) mass is 1060 g/mol. The molecule has 0 heterocycles. The highest BCUT2D eigenvalue weighted by Crippen LogP contribution is 2.43. The van der Waals surface area contributed by atoms with Crippen molar-refractivity contribution in [3.63, 3.8) is 0 Å². The molecule has 0 bridgehead atoms. The van der Waals surface area contributed by atoms with Gasteiger partial charge in [-0.2, -0.15) is 0 Å². The van der Waals surface area contributed by atoms with Crippen LogP contribution in [0.5, 0.6) is 0 Å². The summed E-state index contributed by atoms with van der Waals surface area (Å²) < 4.78 is 23.7. The second-order valence-electron chi connectivity index (χ2n) is 21.3. The van der Waals surface area contributed by atoms with Crippen LogP contribution in [0.15, 0.2) is 122 Å². The molecular weight excluding hydrogens is 948 g/mol. The van der Waals surface area contributed by atoms with Gasteiger partial charge in [-0.1, -0.05) is 251 Å². The number of quaternary nitrogens is 1. The molecule has 0 aromatic heterocycles. The summed E-state index contributed by atoms with van der Waals surface area (Å²) in [6.07, 6.45) is 83.1. The number of nitrogens with zero attached hydrogens (tertiary/aromatic N) is 1. The highest BCUT2D eigenvalue weighted by Gasteiger charge is 2.27. The number of rotatable bonds is 54. The Hall–Kier alpha value is -3.10. The highest BCUT2D eigenvalue weighted by atomic mass is 31.2. The molecular formula is C66H116N2O6P+. The maximum absolute atomic E-state index is 13.0. The largest absolute Gasteiger partial charge is 0.472 e. The van der Waals surface area contributed by atoms with Gasteiger partial charge >= 0.3 is 7.82 Å². The zero-order chi connectivity index (χ0) is 54.9. The van der Waals surface area contributed by atoms with Crippen molar-refractivity contribution in [2.24, 2.45) is 0 Å². The average Bonchev–Trinajstić information content (AvgIpc) is 3.37. The van der Waals surface area contributed by atoms with Gasteiger partial charge < -0.3 is 19.8 Å². The molecule has 0 radical (unpaired) electrons. The fourth-order valence-corrected chi connectivity index (χ4v) is 8.91. The topological polar surface area (TPSA) is 105 Å². The molecule has 0 saturated heterocycles. The van der Waals surface area contributed by atoms with Crippen molar-refractivity contribution in [2.45, 2.75) is 251 Å². The van der Waals surface area contributed by atoms with Crippen LogP contribution in [-0.2, 0) is 18.4 Å². The van der Waals surface area contributed by atoms with Gasteiger partial charge in [-0.15, -0.1) is 0 Å². The van der Waals surface area contributed by atoms with Gasteiger partial charge in [-0.25, -0.2) is 4.57 Å². The van der Waals surface area contributed by atoms with Crippen LogP contribution in [0.4, 0.5) is 0 Å². The van der Waals surface area contributed by atoms with Crippen molar-refractivity contribution in [1.29, 1.82) is 0 Å². The van der Waals surface area contributed by atoms with Crippen molar-refractivity contribution < 1.29 is 32.9 Å². The first-order chi connectivity index (χ1) is 36.5. The number of carbonyl (C=O) groups excluding carboxylic acids is 1. The Morgan fingerprint density at radius 3 is 1.23 bits per heavy atom. The Balaban J connectivity index is 4.18. The van der Waals surface area contributed by atoms with Crippen LogP contribution in [0, 0.1) is 0 Å². The lowest BCUT2D eigenvalue weighted by Crippen LogP contribution is -2.45. The highest BCUT2D eigenvalue weighted by molar-refractivity contribution is 7.47. The van der Waals surface area contributed by atoms with Gasteiger partial charge in [0.15, 0.2) is 0 Å². The number of aliphatic hydroxyl groups is 1. The minimum atomic E-state index is -4.37. The molecule has 0 aromatic rings. The Bertz CT molecular complexity index is 1630. The zero-order valence-corrected chi connectivity index (χ0v) is 49.9. The third kappa shape index (κ3) is 58.4. The molecule has 430 valence electrons. The zero-order valence-electron chi connectivity index (χ0n) is 49.0. The number of phosphoric acid groups is 1. The van der Waals surface area contributed by atoms with Gasteiger partial charge in [0, 0.05) is 6.42 Å². The van der Waals surface area contributed by atoms with Gasteiger partial charge in [0.05, 0.1) is 39.9 Å². The summed E-state index contributed by atoms with van der Waals surface area (Å²) in [4.78, 5) is 23.3. The Kier molecular flexibility index (Phi) is 53.3. The third-order valence-electron chi connectivity index (χ3n) is 12.9. The number of likely N-dealkylation sites (N-methyl/N-ethyl adjacent to an activating group) is 1. The molecule has 0 aromatic carbocycles. The maximum atomic E-state index is 13.0. The molecule has 8 nitrogen and oxygen atoms in total. The van der Waals surface area contributed by atoms with E-state index in [1.165, 1.54) is 128 Å². The van der Waals surface area contributed by atoms with Crippen LogP contribution in [0.25, 0.3) is 0 Å². The van der Waals surface area contributed by atoms with E-state index in [0.717, 1.165) is 89.9 Å². The maximum Gasteiger partial charge on any atom is 0.472 e. The molecule has 0 aliphatic carbocycles. The van der Waals surface area contributed by atoms with Gasteiger partial charge in [-0.05, 0) is 103 Å². The summed E-state index contributed by atoms with van der Waals surface area (Å²) in [5, 5.41) is 13.9. The SMILES string of the molecule is CC/C=C\C/C=C\C/C=C\C/C=C\C/C=C\C/C=C\C/C=C\CCCCCCCCCCCCCCCC(=O)NC(COP(=O)(O)OCC[N+](C)(C)C)C(O)/C=C/CC/C=C/CC/C=C/CCCCCCCCCC. The van der Waals surface area contributed by atoms with Crippen LogP contribution < -0.4 is 5.32 Å². The number of hydrogen-bond donors (Lipinski definition) is 3. The van der Waals surface area contributed by atoms with E-state index in [1.807, 2.05) is 27.2 Å². The fourth-order valence-electron chi connectivity index (χ4n) is 8.17. The van der Waals surface area contributed by atoms with Crippen LogP contribution in [-0.4, -0.2) is 73.4 Å². The summed E-state index contributed by atoms with van der Waals surface area (Å²) in [6.45, 7) is 4.66. The molecule has 0 fully saturated rings. The first kappa shape index (κ1) is 71.9. The average molecular weight is 1060 g/mol. The Morgan fingerprint density at radius 1 is 0.467 bits per heavy atom. The van der Waals surface area contributed by atoms with E-state index in [-0.39, 0.29) is 19.1 Å². The second kappa shape index (κ2) is 55.6. The van der Waals surface area contributed by atoms with Crippen LogP contribution in [0.2, 0.25) is 0 Å². The van der Waals surface area contributed by atoms with Crippen LogP contribution in [0.1, 0.15) is 239 Å². The molecule has 0 spiro atoms. The van der Waals surface area contributed by atoms with Crippen LogP contribution in [0.3, 0.4) is 0 Å². The molecule has 3 atom stereocenters. The predicted molar refractivity (Wildman–Crippen MR) is 327 cm³/mol. The first-order valence-corrected chi connectivity index (χ1v) is 31.9. The molecule has 0 rings (SSSR count). The fraction of sp³-hybridized carbons (Fsp3) is 0.682. The molecule has 3 unspecified atom stereocenters. The summed E-state index contributed by atoms with van der Waals surface area (Å²) in [5.41, 5.74) is 0. The van der Waals surface area contributed by atoms with Gasteiger partial charge in [-0.3, -0.25) is 13.8 Å². The van der Waals surface area contributed by atoms with Gasteiger partial charge in [0.2, 0.25) is 5.91 Å². The quantitative estimate of drug-likeness (QED) is 0.0243. The van der Waals surface area contributed by atoms with Crippen molar-refractivity contribution in [3.8, 4) is 0 Å². The number of allylic oxidation sites excluding steroid dienone is 19. The summed E-state index contributed by atoms with van der Waals surface area (Å²) in [6, 6.07) is -0.878. The number of nitrogens with one attached hydrogen (secondary N) is 1. The van der Waals surface area contributed by atoms with E-state index < -0.39 is 20.0 Å². The smallest absolute Gasteiger partial charge is 0.387 e. The molecule has 1 amide bonds. The minimum absolute atomic E-state index is 0.0483. The van der Waals surface area contributed by atoms with E-state index in [1.54, 1.807) is 6.08 Å². The van der Waals surface area contributed by atoms with Crippen LogP contribution >= 0.6 is 7.82 Å². The van der Waals surface area contributed by atoms with Crippen molar-refractivity contribution >= 4 is 13.7 Å². The summed E-state index contributed by atoms with van der Waals surface area (Å²) in [7, 11) is 1.53. The molecule has 0 saturated carbocycles. The normalized spacial score (nSPS) is 14.7. The van der Waals surface area contributed by atoms with E-state index in [0.29, 0.717) is 17.4 Å². The van der Waals surface area contributed by atoms with Crippen molar-refractivity contribution in [2.75, 3.05) is 40.9 Å². The van der Waals surface area contributed by atoms with E-state index >= 15 is 0 Å². The number of carbonyl (C=O) groups is 1. The Morgan fingerprint density at radius 2 is 0.813 bits per heavy atom. The van der Waals surface area contributed by atoms with Crippen molar-refractivity contribution in [3.05, 3.63) is 122 Å². The Labute approximate surface area is 463 Å². The number of amides is 1. The summed E-state index contributed by atoms with van der Waals surface area (Å²) >= 11 is 0. The molecule has 0 aliphatic rings. The first-order valence-electron chi connectivity index (χ1n) is 30.4. The lowest BCUT2D eigenvalue weighted by atomic mass is 10.0. The molecule has 0 aliphatic heterocycles. The number of hydrogen-bond acceptors (Lipinski definition) is 5. The van der Waals surface area contributed by atoms with E-state index in [2.05, 4.69) is 129 Å². The molecule has 75 heavy (non-hydrogen) atoms. The minimum Gasteiger partial charge on any atom is -0.387 e. The van der Waals surface area contributed by atoms with E-state index in [9.17, 15) is 19.4 Å². The molecule has 3 N–H and O–H groups in total. The second-order valence-corrected chi connectivity index (χ2v) is 22.8. The van der Waals surface area contributed by atoms with Gasteiger partial charge in [0.25, 0.3) is 0 Å². The third-order valence-corrected chi connectivity index (χ3v) is 13.9. The number of aliphatic hydroxyl groups excluding tert-OH is 1. The number of unbranched alkanes of at least 4 members (excludes halogenated alkanes) is 23. The standard InChI is InChI=1S/C66H115N2O6P/c1-6-8-10-12-14-16-18-20-22-24-26-27-28-29-30-31-32-33-34-35-36-37-38-39-40-41-42-44-46-48-50-52-54-56-58-60-66(70)67-64(63-74-75(71,72)73-62-61-68(3,4)5)65(69)59-57-55-53-51-49-47-45-43-25-23-21-19-17-15-13-11-9-7-2/h8,10,14,16,20,22,25-27,29-30,32-33,35-36,43,49,51,57,59,64-65,69H,6-7,9,11-13,15,17-19,21,23-24,28,31,34,37-42,44-48,50,52-56,58,60-63H2,1-5H3,(H-,67,70,71,72)/p+1/b10-8-,16-14-,22-20-,27-26-,30-29-,33-32-,36-35-,43-25+,51-49+,59-57+. The van der Waals surface area contributed by atoms with Gasteiger partial charge in [0.1, 0.15) is 13.2 Å².